The summed E-state index contributed by atoms with van der Waals surface area (Å²) < 4.78 is 1.54. The average Bonchev–Trinajstić information content (AvgIpc) is 2.68. The van der Waals surface area contributed by atoms with Gasteiger partial charge in [0.15, 0.2) is 6.29 Å². The maximum absolute atomic E-state index is 10.9. The molecule has 1 aromatic carbocycles. The second-order valence-corrected chi connectivity index (χ2v) is 3.33. The second-order valence-electron chi connectivity index (χ2n) is 3.33. The molecule has 0 bridgehead atoms. The van der Waals surface area contributed by atoms with Gasteiger partial charge in [0.25, 0.3) is 0 Å². The lowest BCUT2D eigenvalue weighted by molar-refractivity contribution is -0.118. The number of amides is 1. The van der Waals surface area contributed by atoms with Crippen molar-refractivity contribution in [3.63, 3.8) is 0 Å². The highest BCUT2D eigenvalue weighted by atomic mass is 16.3. The number of hydrogen-bond donors (Lipinski definition) is 0. The molecule has 0 N–H and O–H groups in total. The van der Waals surface area contributed by atoms with Crippen molar-refractivity contribution >= 4 is 23.1 Å². The van der Waals surface area contributed by atoms with Gasteiger partial charge in [0.1, 0.15) is 6.54 Å². The van der Waals surface area contributed by atoms with Crippen molar-refractivity contribution in [3.8, 4) is 0 Å². The summed E-state index contributed by atoms with van der Waals surface area (Å²) in [7, 11) is 0. The molecule has 5 nitrogen and oxygen atoms in total. The molecule has 0 aliphatic heterocycles. The largest absolute Gasteiger partial charge is 0.337 e. The minimum Gasteiger partial charge on any atom is -0.337 e. The van der Waals surface area contributed by atoms with Crippen LogP contribution in [0.25, 0.3) is 10.9 Å². The molecule has 1 aromatic heterocycles. The molecule has 0 radical (unpaired) electrons. The Bertz CT molecular complexity index is 572. The minimum atomic E-state index is -0.766. The molecule has 0 fully saturated rings. The van der Waals surface area contributed by atoms with E-state index >= 15 is 0 Å². The van der Waals surface area contributed by atoms with Gasteiger partial charge in [-0.3, -0.25) is 9.59 Å². The summed E-state index contributed by atoms with van der Waals surface area (Å²) in [4.78, 5) is 31.8. The molecule has 0 atom stereocenters. The van der Waals surface area contributed by atoms with E-state index in [1.165, 1.54) is 0 Å². The number of fused-ring (bicyclic) bond motifs is 1. The van der Waals surface area contributed by atoms with Crippen LogP contribution in [0.1, 0.15) is 10.4 Å². The van der Waals surface area contributed by atoms with Gasteiger partial charge in [-0.25, -0.2) is 0 Å². The Morgan fingerprint density at radius 3 is 2.81 bits per heavy atom. The fourth-order valence-corrected chi connectivity index (χ4v) is 1.67. The van der Waals surface area contributed by atoms with Crippen LogP contribution >= 0.6 is 0 Å². The predicted octanol–water partition coefficient (Wildman–Crippen LogP) is 1.75. The van der Waals surface area contributed by atoms with E-state index in [0.717, 1.165) is 17.2 Å². The highest BCUT2D eigenvalue weighted by Gasteiger charge is 2.10. The van der Waals surface area contributed by atoms with E-state index in [1.54, 1.807) is 35.0 Å². The molecule has 5 heteroatoms. The molecule has 1 amide bonds. The Morgan fingerprint density at radius 2 is 2.12 bits per heavy atom. The third-order valence-electron chi connectivity index (χ3n) is 2.35. The highest BCUT2D eigenvalue weighted by Crippen LogP contribution is 2.19. The van der Waals surface area contributed by atoms with Gasteiger partial charge >= 0.3 is 5.91 Å². The quantitative estimate of drug-likeness (QED) is 0.579. The summed E-state index contributed by atoms with van der Waals surface area (Å²) in [6, 6.07) is 7.17. The van der Waals surface area contributed by atoms with Gasteiger partial charge in [-0.15, -0.1) is 4.91 Å². The zero-order valence-corrected chi connectivity index (χ0v) is 8.29. The third-order valence-corrected chi connectivity index (χ3v) is 2.35. The number of para-hydroxylation sites is 1. The molecule has 80 valence electrons. The zero-order chi connectivity index (χ0) is 11.5. The van der Waals surface area contributed by atoms with Crippen LogP contribution in [0.5, 0.6) is 0 Å². The van der Waals surface area contributed by atoms with E-state index < -0.39 is 5.91 Å². The van der Waals surface area contributed by atoms with Crippen molar-refractivity contribution in [2.45, 2.75) is 6.54 Å². The second kappa shape index (κ2) is 4.06. The van der Waals surface area contributed by atoms with E-state index in [2.05, 4.69) is 5.18 Å². The third kappa shape index (κ3) is 1.63. The van der Waals surface area contributed by atoms with Gasteiger partial charge < -0.3 is 4.57 Å². The van der Waals surface area contributed by atoms with Gasteiger partial charge in [0, 0.05) is 27.8 Å². The van der Waals surface area contributed by atoms with Crippen LogP contribution in [0.15, 0.2) is 35.6 Å². The first-order valence-corrected chi connectivity index (χ1v) is 4.65. The van der Waals surface area contributed by atoms with Gasteiger partial charge in [0.05, 0.1) is 0 Å². The summed E-state index contributed by atoms with van der Waals surface area (Å²) in [5.74, 6) is -0.766. The van der Waals surface area contributed by atoms with Crippen LogP contribution in [0.3, 0.4) is 0 Å². The number of nitrogens with zero attached hydrogens (tertiary/aromatic N) is 2. The van der Waals surface area contributed by atoms with Gasteiger partial charge in [-0.1, -0.05) is 18.2 Å². The molecular weight excluding hydrogens is 208 g/mol. The van der Waals surface area contributed by atoms with E-state index in [-0.39, 0.29) is 6.54 Å². The molecule has 16 heavy (non-hydrogen) atoms. The molecule has 0 spiro atoms. The Balaban J connectivity index is 2.57. The minimum absolute atomic E-state index is 0.141. The summed E-state index contributed by atoms with van der Waals surface area (Å²) >= 11 is 0. The van der Waals surface area contributed by atoms with Crippen LogP contribution in [-0.4, -0.2) is 16.8 Å². The molecule has 0 unspecified atom stereocenters. The van der Waals surface area contributed by atoms with Crippen LogP contribution in [0.2, 0.25) is 0 Å². The van der Waals surface area contributed by atoms with Gasteiger partial charge in [-0.05, 0) is 6.07 Å². The van der Waals surface area contributed by atoms with E-state index in [0.29, 0.717) is 5.56 Å². The first-order valence-electron chi connectivity index (χ1n) is 4.65. The zero-order valence-electron chi connectivity index (χ0n) is 8.29. The number of benzene rings is 1. The van der Waals surface area contributed by atoms with Crippen molar-refractivity contribution in [1.29, 1.82) is 0 Å². The molecule has 2 rings (SSSR count). The number of aromatic nitrogens is 1. The summed E-state index contributed by atoms with van der Waals surface area (Å²) in [5.41, 5.74) is 1.23. The molecule has 0 aliphatic rings. The monoisotopic (exact) mass is 216 g/mol. The lowest BCUT2D eigenvalue weighted by atomic mass is 10.2. The van der Waals surface area contributed by atoms with Crippen LogP contribution < -0.4 is 0 Å². The van der Waals surface area contributed by atoms with Gasteiger partial charge in [-0.2, -0.15) is 0 Å². The molecule has 0 saturated heterocycles. The SMILES string of the molecule is O=Cc1cn(CC(=O)N=O)c2ccccc12. The maximum Gasteiger partial charge on any atom is 0.305 e. The van der Waals surface area contributed by atoms with E-state index in [9.17, 15) is 14.5 Å². The fraction of sp³-hybridized carbons (Fsp3) is 0.0909. The molecule has 2 aromatic rings. The standard InChI is InChI=1S/C11H8N2O3/c14-7-8-5-13(6-11(15)12-16)10-4-2-1-3-9(8)10/h1-5,7H,6H2. The summed E-state index contributed by atoms with van der Waals surface area (Å²) in [5, 5.41) is 3.09. The van der Waals surface area contributed by atoms with Crippen LogP contribution in [0, 0.1) is 4.91 Å². The predicted molar refractivity (Wildman–Crippen MR) is 58.1 cm³/mol. The highest BCUT2D eigenvalue weighted by molar-refractivity contribution is 5.98. The Morgan fingerprint density at radius 1 is 1.38 bits per heavy atom. The number of carbonyl (C=O) groups excluding carboxylic acids is 2. The van der Waals surface area contributed by atoms with Crippen LogP contribution in [0.4, 0.5) is 0 Å². The normalized spacial score (nSPS) is 10.2. The number of carbonyl (C=O) groups is 2. The van der Waals surface area contributed by atoms with Crippen molar-refractivity contribution in [1.82, 2.24) is 4.57 Å². The number of nitroso groups, excluding NO2 is 1. The number of rotatable bonds is 3. The molecule has 0 aliphatic carbocycles. The van der Waals surface area contributed by atoms with Crippen molar-refractivity contribution in [3.05, 3.63) is 40.9 Å². The smallest absolute Gasteiger partial charge is 0.305 e. The topological polar surface area (TPSA) is 68.5 Å². The van der Waals surface area contributed by atoms with Crippen molar-refractivity contribution in [2.75, 3.05) is 0 Å². The maximum atomic E-state index is 10.9. The molecule has 1 heterocycles. The van der Waals surface area contributed by atoms with E-state index in [4.69, 9.17) is 0 Å². The summed E-state index contributed by atoms with van der Waals surface area (Å²) in [6.07, 6.45) is 2.26. The Hall–Kier alpha value is -2.30. The van der Waals surface area contributed by atoms with Gasteiger partial charge in [0.2, 0.25) is 0 Å². The fourth-order valence-electron chi connectivity index (χ4n) is 1.67. The summed E-state index contributed by atoms with van der Waals surface area (Å²) in [6.45, 7) is -0.141. The van der Waals surface area contributed by atoms with Crippen molar-refractivity contribution in [2.24, 2.45) is 5.18 Å². The number of hydrogen-bond acceptors (Lipinski definition) is 3. The first kappa shape index (κ1) is 10.2. The average molecular weight is 216 g/mol. The molecular formula is C11H8N2O3. The first-order chi connectivity index (χ1) is 7.76. The van der Waals surface area contributed by atoms with E-state index in [1.807, 2.05) is 0 Å². The Labute approximate surface area is 90.6 Å². The van der Waals surface area contributed by atoms with Crippen LogP contribution in [-0.2, 0) is 11.3 Å². The van der Waals surface area contributed by atoms with Crippen molar-refractivity contribution < 1.29 is 9.59 Å². The Kier molecular flexibility index (Phi) is 2.59. The lowest BCUT2D eigenvalue weighted by Gasteiger charge is -1.99. The lowest BCUT2D eigenvalue weighted by Crippen LogP contribution is -2.05. The molecule has 0 saturated carbocycles. The number of aldehydes is 1.